The Kier molecular flexibility index (Phi) is 2.90. The largest absolute Gasteiger partial charge is 0.312 e. The van der Waals surface area contributed by atoms with E-state index in [1.807, 2.05) is 30.3 Å². The normalized spacial score (nSPS) is 15.3. The molecule has 1 aromatic carbocycles. The van der Waals surface area contributed by atoms with Crippen molar-refractivity contribution in [3.63, 3.8) is 0 Å². The molecule has 1 fully saturated rings. The Balaban J connectivity index is 1.70. The molecule has 0 atom stereocenters. The number of Topliss-reactive ketones (excluding diaryl/α,β-unsaturated/α-hetero) is 1. The number of rotatable bonds is 4. The molecule has 1 N–H and O–H groups in total. The van der Waals surface area contributed by atoms with Gasteiger partial charge in [-0.15, -0.1) is 5.10 Å². The Bertz CT molecular complexity index is 545. The summed E-state index contributed by atoms with van der Waals surface area (Å²) in [6.07, 6.45) is 2.12. The minimum absolute atomic E-state index is 0.0136. The molecule has 0 amide bonds. The van der Waals surface area contributed by atoms with Crippen LogP contribution in [0.15, 0.2) is 36.5 Å². The van der Waals surface area contributed by atoms with Gasteiger partial charge in [-0.2, -0.15) is 0 Å². The summed E-state index contributed by atoms with van der Waals surface area (Å²) < 4.78 is 1.77. The van der Waals surface area contributed by atoms with Gasteiger partial charge in [0.05, 0.1) is 12.2 Å². The zero-order chi connectivity index (χ0) is 12.4. The van der Waals surface area contributed by atoms with Gasteiger partial charge in [-0.05, 0) is 5.56 Å². The van der Waals surface area contributed by atoms with Gasteiger partial charge in [-0.1, -0.05) is 35.5 Å². The molecule has 5 heteroatoms. The topological polar surface area (TPSA) is 59.8 Å². The summed E-state index contributed by atoms with van der Waals surface area (Å²) in [4.78, 5) is 12.0. The van der Waals surface area contributed by atoms with Gasteiger partial charge in [0.2, 0.25) is 0 Å². The molecule has 1 saturated heterocycles. The molecule has 3 rings (SSSR count). The second-order valence-electron chi connectivity index (χ2n) is 4.48. The van der Waals surface area contributed by atoms with Crippen LogP contribution in [0.3, 0.4) is 0 Å². The predicted octanol–water partition coefficient (Wildman–Crippen LogP) is 0.848. The number of ketones is 1. The van der Waals surface area contributed by atoms with Gasteiger partial charge < -0.3 is 5.32 Å². The summed E-state index contributed by atoms with van der Waals surface area (Å²) in [5.74, 6) is 0.0136. The quantitative estimate of drug-likeness (QED) is 0.807. The van der Waals surface area contributed by atoms with Crippen molar-refractivity contribution >= 4 is 5.78 Å². The lowest BCUT2D eigenvalue weighted by atomic mass is 10.1. The highest BCUT2D eigenvalue weighted by Crippen LogP contribution is 2.11. The number of hydrogen-bond donors (Lipinski definition) is 1. The van der Waals surface area contributed by atoms with Crippen LogP contribution in [-0.4, -0.2) is 33.9 Å². The highest BCUT2D eigenvalue weighted by molar-refractivity contribution is 5.95. The molecule has 0 unspecified atom stereocenters. The summed E-state index contributed by atoms with van der Waals surface area (Å²) in [6.45, 7) is 1.80. The Labute approximate surface area is 105 Å². The molecule has 92 valence electrons. The molecule has 2 heterocycles. The zero-order valence-electron chi connectivity index (χ0n) is 9.91. The van der Waals surface area contributed by atoms with Gasteiger partial charge in [0.15, 0.2) is 5.78 Å². The highest BCUT2D eigenvalue weighted by atomic mass is 16.1. The lowest BCUT2D eigenvalue weighted by Crippen LogP contribution is -2.43. The minimum Gasteiger partial charge on any atom is -0.312 e. The van der Waals surface area contributed by atoms with Crippen molar-refractivity contribution in [2.24, 2.45) is 0 Å². The Morgan fingerprint density at radius 1 is 1.33 bits per heavy atom. The number of carbonyl (C=O) groups excluding carboxylic acids is 1. The number of hydrogen-bond acceptors (Lipinski definition) is 4. The average Bonchev–Trinajstić information content (AvgIpc) is 2.77. The molecule has 0 aliphatic carbocycles. The van der Waals surface area contributed by atoms with E-state index in [0.717, 1.165) is 18.7 Å². The molecule has 0 radical (unpaired) electrons. The maximum absolute atomic E-state index is 12.0. The molecule has 18 heavy (non-hydrogen) atoms. The Morgan fingerprint density at radius 2 is 2.11 bits per heavy atom. The first-order chi connectivity index (χ1) is 8.83. The van der Waals surface area contributed by atoms with Gasteiger partial charge in [0.1, 0.15) is 5.69 Å². The summed E-state index contributed by atoms with van der Waals surface area (Å²) in [6, 6.07) is 10.0. The first-order valence-corrected chi connectivity index (χ1v) is 6.02. The fraction of sp³-hybridized carbons (Fsp3) is 0.308. The number of nitrogens with zero attached hydrogens (tertiary/aromatic N) is 3. The van der Waals surface area contributed by atoms with Crippen LogP contribution in [0.1, 0.15) is 22.1 Å². The zero-order valence-corrected chi connectivity index (χ0v) is 9.91. The van der Waals surface area contributed by atoms with Gasteiger partial charge in [0.25, 0.3) is 0 Å². The van der Waals surface area contributed by atoms with Crippen LogP contribution in [-0.2, 0) is 6.42 Å². The van der Waals surface area contributed by atoms with E-state index in [1.54, 1.807) is 10.9 Å². The third-order valence-corrected chi connectivity index (χ3v) is 3.14. The second kappa shape index (κ2) is 4.70. The molecule has 1 aliphatic rings. The van der Waals surface area contributed by atoms with E-state index in [0.29, 0.717) is 18.2 Å². The van der Waals surface area contributed by atoms with Crippen LogP contribution in [0.5, 0.6) is 0 Å². The number of benzene rings is 1. The van der Waals surface area contributed by atoms with E-state index in [-0.39, 0.29) is 5.78 Å². The maximum Gasteiger partial charge on any atom is 0.189 e. The standard InChI is InChI=1S/C13H14N4O/c18-13(6-10-4-2-1-3-5-10)12-9-17(16-15-12)11-7-14-8-11/h1-5,9,11,14H,6-8H2. The van der Waals surface area contributed by atoms with E-state index < -0.39 is 0 Å². The third-order valence-electron chi connectivity index (χ3n) is 3.14. The summed E-state index contributed by atoms with van der Waals surface area (Å²) >= 11 is 0. The third kappa shape index (κ3) is 2.17. The minimum atomic E-state index is 0.0136. The SMILES string of the molecule is O=C(Cc1ccccc1)c1cn(C2CNC2)nn1. The number of aromatic nitrogens is 3. The van der Waals surface area contributed by atoms with Crippen molar-refractivity contribution in [2.75, 3.05) is 13.1 Å². The van der Waals surface area contributed by atoms with Crippen molar-refractivity contribution in [1.29, 1.82) is 0 Å². The molecule has 1 aliphatic heterocycles. The van der Waals surface area contributed by atoms with Crippen LogP contribution in [0.2, 0.25) is 0 Å². The van der Waals surface area contributed by atoms with Crippen molar-refractivity contribution in [1.82, 2.24) is 20.3 Å². The summed E-state index contributed by atoms with van der Waals surface area (Å²) in [5.41, 5.74) is 1.45. The first-order valence-electron chi connectivity index (χ1n) is 6.02. The monoisotopic (exact) mass is 242 g/mol. The van der Waals surface area contributed by atoms with Crippen molar-refractivity contribution in [3.8, 4) is 0 Å². The summed E-state index contributed by atoms with van der Waals surface area (Å²) in [7, 11) is 0. The lowest BCUT2D eigenvalue weighted by Gasteiger charge is -2.26. The molecule has 0 bridgehead atoms. The highest BCUT2D eigenvalue weighted by Gasteiger charge is 2.21. The smallest absolute Gasteiger partial charge is 0.189 e. The van der Waals surface area contributed by atoms with Crippen LogP contribution in [0.4, 0.5) is 0 Å². The number of nitrogens with one attached hydrogen (secondary N) is 1. The molecule has 2 aromatic rings. The Hall–Kier alpha value is -2.01. The van der Waals surface area contributed by atoms with Gasteiger partial charge in [0, 0.05) is 19.5 Å². The molecular weight excluding hydrogens is 228 g/mol. The Morgan fingerprint density at radius 3 is 2.78 bits per heavy atom. The van der Waals surface area contributed by atoms with E-state index >= 15 is 0 Å². The molecule has 0 spiro atoms. The van der Waals surface area contributed by atoms with E-state index in [2.05, 4.69) is 15.6 Å². The van der Waals surface area contributed by atoms with Crippen LogP contribution >= 0.6 is 0 Å². The van der Waals surface area contributed by atoms with Crippen LogP contribution < -0.4 is 5.32 Å². The molecule has 0 saturated carbocycles. The molecule has 1 aromatic heterocycles. The van der Waals surface area contributed by atoms with E-state index in [9.17, 15) is 4.79 Å². The van der Waals surface area contributed by atoms with Gasteiger partial charge >= 0.3 is 0 Å². The summed E-state index contributed by atoms with van der Waals surface area (Å²) in [5, 5.41) is 11.1. The van der Waals surface area contributed by atoms with Crippen LogP contribution in [0.25, 0.3) is 0 Å². The van der Waals surface area contributed by atoms with Gasteiger partial charge in [-0.3, -0.25) is 4.79 Å². The number of carbonyl (C=O) groups is 1. The predicted molar refractivity (Wildman–Crippen MR) is 66.4 cm³/mol. The van der Waals surface area contributed by atoms with Gasteiger partial charge in [-0.25, -0.2) is 4.68 Å². The lowest BCUT2D eigenvalue weighted by molar-refractivity contribution is 0.0988. The average molecular weight is 242 g/mol. The molecular formula is C13H14N4O. The molecule has 5 nitrogen and oxygen atoms in total. The van der Waals surface area contributed by atoms with E-state index in [4.69, 9.17) is 0 Å². The van der Waals surface area contributed by atoms with Crippen LogP contribution in [0, 0.1) is 0 Å². The van der Waals surface area contributed by atoms with Crippen molar-refractivity contribution in [3.05, 3.63) is 47.8 Å². The van der Waals surface area contributed by atoms with Crippen molar-refractivity contribution < 1.29 is 4.79 Å². The fourth-order valence-corrected chi connectivity index (χ4v) is 1.92. The van der Waals surface area contributed by atoms with Crippen molar-refractivity contribution in [2.45, 2.75) is 12.5 Å². The van der Waals surface area contributed by atoms with E-state index in [1.165, 1.54) is 0 Å². The fourth-order valence-electron chi connectivity index (χ4n) is 1.92. The second-order valence-corrected chi connectivity index (χ2v) is 4.48. The first kappa shape index (κ1) is 11.1. The maximum atomic E-state index is 12.0.